The zero-order valence-electron chi connectivity index (χ0n) is 23.2. The van der Waals surface area contributed by atoms with Crippen LogP contribution in [-0.4, -0.2) is 35.0 Å². The van der Waals surface area contributed by atoms with E-state index in [1.165, 1.54) is 0 Å². The molecule has 5 aliphatic carbocycles. The Hall–Kier alpha value is -1.51. The van der Waals surface area contributed by atoms with Crippen molar-refractivity contribution in [3.8, 4) is 6.07 Å². The highest BCUT2D eigenvalue weighted by Gasteiger charge is 2.82. The predicted octanol–water partition coefficient (Wildman–Crippen LogP) is 5.41. The number of allylic oxidation sites excluding steroid dienone is 1. The Bertz CT molecular complexity index is 1150. The van der Waals surface area contributed by atoms with Gasteiger partial charge in [0, 0.05) is 23.4 Å². The molecule has 0 aromatic rings. The molecule has 0 amide bonds. The summed E-state index contributed by atoms with van der Waals surface area (Å²) < 4.78 is 6.08. The average molecular weight is 494 g/mol. The van der Waals surface area contributed by atoms with Crippen molar-refractivity contribution in [2.24, 2.45) is 50.2 Å². The van der Waals surface area contributed by atoms with E-state index in [4.69, 9.17) is 4.74 Å². The van der Waals surface area contributed by atoms with Crippen LogP contribution >= 0.6 is 0 Å². The van der Waals surface area contributed by atoms with Crippen LogP contribution in [0.5, 0.6) is 0 Å². The van der Waals surface area contributed by atoms with Crippen molar-refractivity contribution in [2.45, 2.75) is 105 Å². The first-order valence-electron chi connectivity index (χ1n) is 14.1. The number of aliphatic hydroxyl groups excluding tert-OH is 1. The third-order valence-electron chi connectivity index (χ3n) is 13.2. The minimum atomic E-state index is -1.37. The minimum Gasteiger partial charge on any atom is -0.396 e. The number of carbonyl (C=O) groups excluding carboxylic acids is 2. The molecule has 196 valence electrons. The molecule has 2 unspecified atom stereocenters. The molecule has 0 bridgehead atoms. The Balaban J connectivity index is 1.52. The topological polar surface area (TPSA) is 90.7 Å². The number of carbonyl (C=O) groups is 2. The van der Waals surface area contributed by atoms with Gasteiger partial charge in [-0.05, 0) is 84.5 Å². The van der Waals surface area contributed by atoms with E-state index in [2.05, 4.69) is 40.7 Å². The maximum absolute atomic E-state index is 14.3. The number of hydrogen-bond acceptors (Lipinski definition) is 5. The summed E-state index contributed by atoms with van der Waals surface area (Å²) in [6.07, 6.45) is 8.24. The van der Waals surface area contributed by atoms with Gasteiger partial charge >= 0.3 is 0 Å². The van der Waals surface area contributed by atoms with Crippen LogP contribution in [-0.2, 0) is 14.3 Å². The van der Waals surface area contributed by atoms with E-state index in [0.29, 0.717) is 0 Å². The Morgan fingerprint density at radius 3 is 2.33 bits per heavy atom. The van der Waals surface area contributed by atoms with Gasteiger partial charge in [-0.1, -0.05) is 54.0 Å². The zero-order chi connectivity index (χ0) is 26.3. The van der Waals surface area contributed by atoms with Crippen LogP contribution in [0.4, 0.5) is 0 Å². The molecule has 5 heteroatoms. The number of Topliss-reactive ketones (excluding diaryl/α,β-unsaturated/α-hetero) is 1. The van der Waals surface area contributed by atoms with E-state index in [1.807, 2.05) is 19.9 Å². The van der Waals surface area contributed by atoms with E-state index in [1.54, 1.807) is 0 Å². The molecule has 1 saturated heterocycles. The normalized spacial score (nSPS) is 54.0. The van der Waals surface area contributed by atoms with Crippen LogP contribution in [0.3, 0.4) is 0 Å². The van der Waals surface area contributed by atoms with Gasteiger partial charge in [0.1, 0.15) is 12.2 Å². The maximum atomic E-state index is 14.3. The molecule has 9 atom stereocenters. The number of fused-ring (bicyclic) bond motifs is 9. The SMILES string of the molecule is CC1(C)CC[C@]2(CO)CC[C@]3(C)C(C(=O)C=C4[C@@]5(C)[C@H]6O[C@@]6(C#N)C(=O)C(C)(C)[C@@H]5CC[C@]43C)C2C1. The molecule has 1 aliphatic heterocycles. The predicted molar refractivity (Wildman–Crippen MR) is 136 cm³/mol. The molecule has 6 rings (SSSR count). The van der Waals surface area contributed by atoms with Crippen LogP contribution in [0.1, 0.15) is 93.4 Å². The average Bonchev–Trinajstić information content (AvgIpc) is 3.56. The van der Waals surface area contributed by atoms with E-state index < -0.39 is 22.5 Å². The molecule has 1 N–H and O–H groups in total. The first kappa shape index (κ1) is 24.8. The molecule has 5 fully saturated rings. The standard InChI is InChI=1S/C31H43NO4/c1-25(2)10-12-30(17-33)13-11-28(6)22(18(30)15-25)19(34)14-21-27(28,5)9-8-20-26(3,4)23(35)31(16-32)24(36-31)29(20,21)7/h14,18,20,22,24,33H,8-13,15,17H2,1-7H3/t18?,20-,22?,24+,27+,28+,29-,30+,31-/m0/s1. The van der Waals surface area contributed by atoms with Gasteiger partial charge in [0.05, 0.1) is 0 Å². The molecular weight excluding hydrogens is 450 g/mol. The van der Waals surface area contributed by atoms with Crippen molar-refractivity contribution in [1.82, 2.24) is 0 Å². The van der Waals surface area contributed by atoms with Crippen molar-refractivity contribution >= 4 is 11.6 Å². The molecule has 0 spiro atoms. The zero-order valence-corrected chi connectivity index (χ0v) is 23.2. The monoisotopic (exact) mass is 493 g/mol. The lowest BCUT2D eigenvalue weighted by Gasteiger charge is -2.69. The van der Waals surface area contributed by atoms with E-state index >= 15 is 0 Å². The van der Waals surface area contributed by atoms with Crippen molar-refractivity contribution in [3.05, 3.63) is 11.6 Å². The van der Waals surface area contributed by atoms with Gasteiger partial charge in [-0.3, -0.25) is 9.59 Å². The summed E-state index contributed by atoms with van der Waals surface area (Å²) in [6.45, 7) is 15.6. The van der Waals surface area contributed by atoms with Gasteiger partial charge in [-0.15, -0.1) is 0 Å². The number of hydrogen-bond donors (Lipinski definition) is 1. The number of epoxide rings is 1. The first-order valence-corrected chi connectivity index (χ1v) is 14.1. The quantitative estimate of drug-likeness (QED) is 0.493. The van der Waals surface area contributed by atoms with Crippen LogP contribution in [0.15, 0.2) is 11.6 Å². The fraction of sp³-hybridized carbons (Fsp3) is 0.839. The molecule has 4 saturated carbocycles. The van der Waals surface area contributed by atoms with Crippen LogP contribution < -0.4 is 0 Å². The Morgan fingerprint density at radius 2 is 1.69 bits per heavy atom. The number of rotatable bonds is 1. The molecule has 0 aromatic heterocycles. The molecule has 5 nitrogen and oxygen atoms in total. The van der Waals surface area contributed by atoms with Gasteiger partial charge in [0.15, 0.2) is 11.6 Å². The van der Waals surface area contributed by atoms with Gasteiger partial charge in [-0.25, -0.2) is 0 Å². The van der Waals surface area contributed by atoms with E-state index in [0.717, 1.165) is 50.5 Å². The van der Waals surface area contributed by atoms with E-state index in [-0.39, 0.29) is 57.6 Å². The lowest BCUT2D eigenvalue weighted by atomic mass is 9.33. The summed E-state index contributed by atoms with van der Waals surface area (Å²) >= 11 is 0. The number of ketones is 2. The Morgan fingerprint density at radius 1 is 1.03 bits per heavy atom. The second kappa shape index (κ2) is 6.73. The summed E-state index contributed by atoms with van der Waals surface area (Å²) in [5.74, 6) is 0.219. The highest BCUT2D eigenvalue weighted by atomic mass is 16.6. The third-order valence-corrected chi connectivity index (χ3v) is 13.2. The first-order chi connectivity index (χ1) is 16.6. The number of nitriles is 1. The van der Waals surface area contributed by atoms with Crippen LogP contribution in [0.25, 0.3) is 0 Å². The fourth-order valence-electron chi connectivity index (χ4n) is 10.8. The van der Waals surface area contributed by atoms with Crippen LogP contribution in [0, 0.1) is 61.6 Å². The Labute approximate surface area is 216 Å². The number of aliphatic hydroxyl groups is 1. The van der Waals surface area contributed by atoms with Crippen molar-refractivity contribution in [3.63, 3.8) is 0 Å². The van der Waals surface area contributed by atoms with Crippen molar-refractivity contribution in [2.75, 3.05) is 6.61 Å². The van der Waals surface area contributed by atoms with Gasteiger partial charge < -0.3 is 9.84 Å². The second-order valence-electron chi connectivity index (χ2n) is 15.5. The molecule has 36 heavy (non-hydrogen) atoms. The fourth-order valence-corrected chi connectivity index (χ4v) is 10.8. The lowest BCUT2D eigenvalue weighted by molar-refractivity contribution is -0.180. The van der Waals surface area contributed by atoms with Crippen molar-refractivity contribution in [1.29, 1.82) is 5.26 Å². The van der Waals surface area contributed by atoms with Gasteiger partial charge in [0.25, 0.3) is 0 Å². The largest absolute Gasteiger partial charge is 0.396 e. The summed E-state index contributed by atoms with van der Waals surface area (Å²) in [5.41, 5.74) is -1.90. The molecule has 1 heterocycles. The van der Waals surface area contributed by atoms with Crippen LogP contribution in [0.2, 0.25) is 0 Å². The summed E-state index contributed by atoms with van der Waals surface area (Å²) in [6, 6.07) is 2.25. The molecular formula is C31H43NO4. The van der Waals surface area contributed by atoms with E-state index in [9.17, 15) is 20.0 Å². The summed E-state index contributed by atoms with van der Waals surface area (Å²) in [5, 5.41) is 20.7. The van der Waals surface area contributed by atoms with Crippen molar-refractivity contribution < 1.29 is 19.4 Å². The molecule has 0 radical (unpaired) electrons. The number of ether oxygens (including phenoxy) is 1. The smallest absolute Gasteiger partial charge is 0.240 e. The summed E-state index contributed by atoms with van der Waals surface area (Å²) in [7, 11) is 0. The highest BCUT2D eigenvalue weighted by Crippen LogP contribution is 2.77. The van der Waals surface area contributed by atoms with Gasteiger partial charge in [-0.2, -0.15) is 5.26 Å². The molecule has 6 aliphatic rings. The Kier molecular flexibility index (Phi) is 4.64. The molecule has 0 aromatic carbocycles. The number of nitrogens with zero attached hydrogens (tertiary/aromatic N) is 1. The lowest BCUT2D eigenvalue weighted by Crippen LogP contribution is -2.67. The van der Waals surface area contributed by atoms with Gasteiger partial charge in [0.2, 0.25) is 5.60 Å². The summed E-state index contributed by atoms with van der Waals surface area (Å²) in [4.78, 5) is 27.8. The third kappa shape index (κ3) is 2.50. The highest BCUT2D eigenvalue weighted by molar-refractivity contribution is 6.01. The minimum absolute atomic E-state index is 0.0347. The maximum Gasteiger partial charge on any atom is 0.240 e. The second-order valence-corrected chi connectivity index (χ2v) is 15.5.